The highest BCUT2D eigenvalue weighted by Crippen LogP contribution is 2.22. The average Bonchev–Trinajstić information content (AvgIpc) is 3.00. The zero-order valence-electron chi connectivity index (χ0n) is 25.2. The molecule has 1 fully saturated rings. The lowest BCUT2D eigenvalue weighted by molar-refractivity contribution is -0.384. The number of non-ortho nitro benzene ring substituents is 1. The maximum atomic E-state index is 12.6. The number of carbonyl (C=O) groups excluding carboxylic acids is 3. The molecule has 3 aromatic carbocycles. The second-order valence-corrected chi connectivity index (χ2v) is 11.3. The standard InChI is InChI=1S/C32H34N4O9/c1-32(2,3)45-29(37)20-35-18-16-28(17-19-35)43-30(38)23-6-10-25(11-7-23)34-33-24-8-4-22(5-9-24)21-42-31(39)44-27-14-12-26(13-15-27)36(40)41/h4-15,28H,16-21H2,1-3H3/b34-33+. The largest absolute Gasteiger partial charge is 0.514 e. The first kappa shape index (κ1) is 32.7. The van der Waals surface area contributed by atoms with Gasteiger partial charge in [-0.2, -0.15) is 10.2 Å². The molecule has 1 heterocycles. The molecule has 4 rings (SSSR count). The Labute approximate surface area is 259 Å². The average molecular weight is 619 g/mol. The molecular formula is C32H34N4O9. The second kappa shape index (κ2) is 15.0. The number of hydrogen-bond donors (Lipinski definition) is 0. The van der Waals surface area contributed by atoms with Crippen molar-refractivity contribution < 1.29 is 38.3 Å². The smallest absolute Gasteiger partial charge is 0.459 e. The van der Waals surface area contributed by atoms with Crippen LogP contribution in [0.25, 0.3) is 0 Å². The van der Waals surface area contributed by atoms with Gasteiger partial charge < -0.3 is 18.9 Å². The number of piperidine rings is 1. The van der Waals surface area contributed by atoms with Crippen molar-refractivity contribution in [2.24, 2.45) is 10.2 Å². The normalized spacial score (nSPS) is 14.1. The van der Waals surface area contributed by atoms with Crippen molar-refractivity contribution in [3.8, 4) is 5.75 Å². The molecule has 0 radical (unpaired) electrons. The van der Waals surface area contributed by atoms with E-state index >= 15 is 0 Å². The SMILES string of the molecule is CC(C)(C)OC(=O)CN1CCC(OC(=O)c2ccc(/N=N/c3ccc(COC(=O)Oc4ccc([N+](=O)[O-])cc4)cc3)cc2)CC1. The maximum Gasteiger partial charge on any atom is 0.514 e. The summed E-state index contributed by atoms with van der Waals surface area (Å²) in [5, 5.41) is 19.1. The number of rotatable bonds is 10. The van der Waals surface area contributed by atoms with Crippen LogP contribution in [-0.4, -0.2) is 59.3 Å². The summed E-state index contributed by atoms with van der Waals surface area (Å²) in [5.74, 6) is -0.556. The Bertz CT molecular complexity index is 1510. The van der Waals surface area contributed by atoms with E-state index in [9.17, 15) is 24.5 Å². The summed E-state index contributed by atoms with van der Waals surface area (Å²) in [6.45, 7) is 6.96. The van der Waals surface area contributed by atoms with Crippen LogP contribution in [0.4, 0.5) is 21.9 Å². The zero-order valence-corrected chi connectivity index (χ0v) is 25.2. The van der Waals surface area contributed by atoms with Crippen LogP contribution in [0.5, 0.6) is 5.75 Å². The lowest BCUT2D eigenvalue weighted by Gasteiger charge is -2.31. The summed E-state index contributed by atoms with van der Waals surface area (Å²) in [7, 11) is 0. The van der Waals surface area contributed by atoms with E-state index in [1.165, 1.54) is 24.3 Å². The lowest BCUT2D eigenvalue weighted by Crippen LogP contribution is -2.42. The van der Waals surface area contributed by atoms with Crippen LogP contribution in [0.3, 0.4) is 0 Å². The molecule has 13 heteroatoms. The summed E-state index contributed by atoms with van der Waals surface area (Å²) >= 11 is 0. The van der Waals surface area contributed by atoms with Crippen molar-refractivity contribution >= 4 is 35.2 Å². The highest BCUT2D eigenvalue weighted by Gasteiger charge is 2.26. The topological polar surface area (TPSA) is 159 Å². The third kappa shape index (κ3) is 10.8. The molecule has 0 bridgehead atoms. The van der Waals surface area contributed by atoms with E-state index in [-0.39, 0.29) is 36.7 Å². The summed E-state index contributed by atoms with van der Waals surface area (Å²) in [6.07, 6.45) is 0.109. The Morgan fingerprint density at radius 1 is 0.889 bits per heavy atom. The minimum absolute atomic E-state index is 0.0496. The predicted molar refractivity (Wildman–Crippen MR) is 162 cm³/mol. The Kier molecular flexibility index (Phi) is 10.9. The van der Waals surface area contributed by atoms with Gasteiger partial charge in [-0.3, -0.25) is 19.8 Å². The van der Waals surface area contributed by atoms with Gasteiger partial charge in [0.2, 0.25) is 0 Å². The molecule has 0 unspecified atom stereocenters. The van der Waals surface area contributed by atoms with Crippen molar-refractivity contribution in [3.05, 3.63) is 94.0 Å². The molecule has 1 aliphatic rings. The van der Waals surface area contributed by atoms with Gasteiger partial charge in [-0.25, -0.2) is 9.59 Å². The van der Waals surface area contributed by atoms with E-state index in [1.807, 2.05) is 25.7 Å². The number of esters is 2. The lowest BCUT2D eigenvalue weighted by atomic mass is 10.1. The van der Waals surface area contributed by atoms with E-state index in [4.69, 9.17) is 18.9 Å². The van der Waals surface area contributed by atoms with Crippen molar-refractivity contribution in [1.29, 1.82) is 0 Å². The first-order chi connectivity index (χ1) is 21.4. The highest BCUT2D eigenvalue weighted by molar-refractivity contribution is 5.89. The van der Waals surface area contributed by atoms with E-state index in [0.29, 0.717) is 48.4 Å². The molecule has 0 saturated carbocycles. The van der Waals surface area contributed by atoms with Gasteiger partial charge in [-0.1, -0.05) is 12.1 Å². The van der Waals surface area contributed by atoms with Gasteiger partial charge in [0.25, 0.3) is 5.69 Å². The third-order valence-corrected chi connectivity index (χ3v) is 6.51. The Hall–Kier alpha value is -5.17. The van der Waals surface area contributed by atoms with Crippen LogP contribution in [0.1, 0.15) is 49.5 Å². The van der Waals surface area contributed by atoms with Gasteiger partial charge in [-0.15, -0.1) is 0 Å². The molecule has 0 amide bonds. The number of ether oxygens (including phenoxy) is 4. The van der Waals surface area contributed by atoms with Crippen molar-refractivity contribution in [2.45, 2.75) is 51.9 Å². The molecule has 1 aliphatic heterocycles. The fourth-order valence-corrected chi connectivity index (χ4v) is 4.30. The molecule has 0 N–H and O–H groups in total. The number of nitro groups is 1. The quantitative estimate of drug-likeness (QED) is 0.0598. The number of carbonyl (C=O) groups is 3. The fourth-order valence-electron chi connectivity index (χ4n) is 4.30. The molecule has 236 valence electrons. The number of likely N-dealkylation sites (tertiary alicyclic amines) is 1. The van der Waals surface area contributed by atoms with Crippen LogP contribution >= 0.6 is 0 Å². The van der Waals surface area contributed by atoms with Gasteiger partial charge in [0.1, 0.15) is 24.1 Å². The van der Waals surface area contributed by atoms with Crippen molar-refractivity contribution in [1.82, 2.24) is 4.90 Å². The minimum Gasteiger partial charge on any atom is -0.459 e. The molecule has 0 spiro atoms. The number of benzene rings is 3. The Balaban J connectivity index is 1.18. The fraction of sp³-hybridized carbons (Fsp3) is 0.344. The van der Waals surface area contributed by atoms with E-state index in [1.54, 1.807) is 48.5 Å². The molecule has 0 aromatic heterocycles. The van der Waals surface area contributed by atoms with Crippen LogP contribution in [0.15, 0.2) is 83.0 Å². The Morgan fingerprint density at radius 2 is 1.47 bits per heavy atom. The van der Waals surface area contributed by atoms with Crippen molar-refractivity contribution in [3.63, 3.8) is 0 Å². The maximum absolute atomic E-state index is 12.6. The molecule has 3 aromatic rings. The first-order valence-corrected chi connectivity index (χ1v) is 14.3. The predicted octanol–water partition coefficient (Wildman–Crippen LogP) is 6.69. The summed E-state index contributed by atoms with van der Waals surface area (Å²) in [6, 6.07) is 18.5. The molecule has 13 nitrogen and oxygen atoms in total. The van der Waals surface area contributed by atoms with Crippen molar-refractivity contribution in [2.75, 3.05) is 19.6 Å². The molecule has 0 atom stereocenters. The number of azo groups is 1. The molecular weight excluding hydrogens is 584 g/mol. The highest BCUT2D eigenvalue weighted by atomic mass is 16.7. The van der Waals surface area contributed by atoms with Crippen LogP contribution in [-0.2, 0) is 25.6 Å². The van der Waals surface area contributed by atoms with Crippen LogP contribution in [0, 0.1) is 10.1 Å². The van der Waals surface area contributed by atoms with Gasteiger partial charge in [-0.05, 0) is 87.7 Å². The van der Waals surface area contributed by atoms with Gasteiger partial charge in [0.15, 0.2) is 0 Å². The zero-order chi connectivity index (χ0) is 32.4. The summed E-state index contributed by atoms with van der Waals surface area (Å²) < 4.78 is 21.1. The van der Waals surface area contributed by atoms with Crippen LogP contribution < -0.4 is 4.74 Å². The number of hydrogen-bond acceptors (Lipinski definition) is 12. The third-order valence-electron chi connectivity index (χ3n) is 6.51. The monoisotopic (exact) mass is 618 g/mol. The van der Waals surface area contributed by atoms with Crippen LogP contribution in [0.2, 0.25) is 0 Å². The molecule has 1 saturated heterocycles. The first-order valence-electron chi connectivity index (χ1n) is 14.3. The van der Waals surface area contributed by atoms with Gasteiger partial charge in [0.05, 0.1) is 28.4 Å². The molecule has 0 aliphatic carbocycles. The van der Waals surface area contributed by atoms with E-state index in [0.717, 1.165) is 0 Å². The minimum atomic E-state index is -0.944. The number of nitrogens with zero attached hydrogens (tertiary/aromatic N) is 4. The summed E-state index contributed by atoms with van der Waals surface area (Å²) in [5.41, 5.74) is 1.56. The van der Waals surface area contributed by atoms with E-state index in [2.05, 4.69) is 10.2 Å². The second-order valence-electron chi connectivity index (χ2n) is 11.3. The van der Waals surface area contributed by atoms with E-state index < -0.39 is 22.6 Å². The summed E-state index contributed by atoms with van der Waals surface area (Å²) in [4.78, 5) is 48.8. The number of nitro benzene ring substituents is 1. The Morgan fingerprint density at radius 3 is 2.02 bits per heavy atom. The molecule has 45 heavy (non-hydrogen) atoms. The van der Waals surface area contributed by atoms with Gasteiger partial charge in [0, 0.05) is 25.2 Å². The van der Waals surface area contributed by atoms with Gasteiger partial charge >= 0.3 is 18.1 Å².